The van der Waals surface area contributed by atoms with Crippen molar-refractivity contribution in [3.05, 3.63) is 11.1 Å². The lowest BCUT2D eigenvalue weighted by molar-refractivity contribution is -0.138. The van der Waals surface area contributed by atoms with Crippen molar-refractivity contribution < 1.29 is 9.59 Å². The molecule has 2 amide bonds. The topological polar surface area (TPSA) is 62.3 Å². The molecule has 0 aliphatic carbocycles. The maximum atomic E-state index is 12.3. The van der Waals surface area contributed by atoms with Crippen molar-refractivity contribution in [2.45, 2.75) is 54.0 Å². The number of nitrogens with zero attached hydrogens (tertiary/aromatic N) is 2. The predicted molar refractivity (Wildman–Crippen MR) is 86.4 cm³/mol. The Hall–Kier alpha value is -1.43. The molecular weight excluding hydrogens is 286 g/mol. The summed E-state index contributed by atoms with van der Waals surface area (Å²) < 4.78 is 0. The van der Waals surface area contributed by atoms with Gasteiger partial charge in [0.15, 0.2) is 5.13 Å². The molecule has 0 saturated carbocycles. The van der Waals surface area contributed by atoms with Crippen LogP contribution in [0, 0.1) is 12.3 Å². The molecule has 1 aromatic heterocycles. The third-order valence-electron chi connectivity index (χ3n) is 2.81. The van der Waals surface area contributed by atoms with Crippen LogP contribution in [0.3, 0.4) is 0 Å². The highest BCUT2D eigenvalue weighted by Gasteiger charge is 2.25. The van der Waals surface area contributed by atoms with Gasteiger partial charge in [0.05, 0.1) is 0 Å². The Kier molecular flexibility index (Phi) is 5.89. The van der Waals surface area contributed by atoms with E-state index in [2.05, 4.69) is 10.3 Å². The number of carbonyl (C=O) groups excluding carboxylic acids is 2. The molecule has 0 atom stereocenters. The Bertz CT molecular complexity index is 503. The maximum absolute atomic E-state index is 12.3. The van der Waals surface area contributed by atoms with Gasteiger partial charge in [-0.25, -0.2) is 4.98 Å². The van der Waals surface area contributed by atoms with Gasteiger partial charge in [0.2, 0.25) is 11.8 Å². The van der Waals surface area contributed by atoms with Crippen LogP contribution in [0.2, 0.25) is 0 Å². The lowest BCUT2D eigenvalue weighted by Crippen LogP contribution is -2.43. The Morgan fingerprint density at radius 1 is 1.38 bits per heavy atom. The number of aromatic nitrogens is 1. The fraction of sp³-hybridized carbons (Fsp3) is 0.667. The average molecular weight is 311 g/mol. The molecule has 0 saturated heterocycles. The molecule has 0 bridgehead atoms. The lowest BCUT2D eigenvalue weighted by Gasteiger charge is -2.29. The summed E-state index contributed by atoms with van der Waals surface area (Å²) in [6.45, 7) is 11.9. The van der Waals surface area contributed by atoms with Gasteiger partial charge in [-0.1, -0.05) is 20.8 Å². The summed E-state index contributed by atoms with van der Waals surface area (Å²) in [5, 5.41) is 3.31. The Morgan fingerprint density at radius 2 is 2.00 bits per heavy atom. The molecule has 5 nitrogen and oxygen atoms in total. The van der Waals surface area contributed by atoms with E-state index in [1.54, 1.807) is 11.1 Å². The van der Waals surface area contributed by atoms with Crippen LogP contribution in [-0.2, 0) is 9.59 Å². The quantitative estimate of drug-likeness (QED) is 0.909. The molecule has 1 N–H and O–H groups in total. The Morgan fingerprint density at radius 3 is 2.43 bits per heavy atom. The number of aryl methyl sites for hydroxylation is 1. The Balaban J connectivity index is 2.65. The number of nitrogens with one attached hydrogen (secondary N) is 1. The zero-order valence-corrected chi connectivity index (χ0v) is 14.5. The zero-order valence-electron chi connectivity index (χ0n) is 13.7. The van der Waals surface area contributed by atoms with Gasteiger partial charge in [0.25, 0.3) is 0 Å². The second-order valence-corrected chi connectivity index (χ2v) is 7.91. The smallest absolute Gasteiger partial charge is 0.245 e. The molecule has 0 unspecified atom stereocenters. The third kappa shape index (κ3) is 6.25. The molecular formula is C15H25N3O2S. The molecule has 1 aromatic rings. The number of hydrogen-bond acceptors (Lipinski definition) is 4. The van der Waals surface area contributed by atoms with E-state index >= 15 is 0 Å². The SMILES string of the molecule is Cc1cnc(NC(=O)CN(C(=O)CC(C)(C)C)C(C)C)s1. The molecule has 0 spiro atoms. The molecule has 0 aromatic carbocycles. The Labute approximate surface area is 130 Å². The summed E-state index contributed by atoms with van der Waals surface area (Å²) in [5.74, 6) is -0.205. The predicted octanol–water partition coefficient (Wildman–Crippen LogP) is 3.06. The molecule has 0 radical (unpaired) electrons. The van der Waals surface area contributed by atoms with Gasteiger partial charge >= 0.3 is 0 Å². The van der Waals surface area contributed by atoms with E-state index < -0.39 is 0 Å². The summed E-state index contributed by atoms with van der Waals surface area (Å²) in [6.07, 6.45) is 2.14. The first kappa shape index (κ1) is 17.6. The highest BCUT2D eigenvalue weighted by molar-refractivity contribution is 7.15. The maximum Gasteiger partial charge on any atom is 0.245 e. The van der Waals surface area contributed by atoms with Crippen LogP contribution in [-0.4, -0.2) is 34.3 Å². The van der Waals surface area contributed by atoms with Gasteiger partial charge in [0.1, 0.15) is 6.54 Å². The molecule has 0 aliphatic heterocycles. The summed E-state index contributed by atoms with van der Waals surface area (Å²) in [7, 11) is 0. The molecule has 0 aliphatic rings. The number of carbonyl (C=O) groups is 2. The minimum absolute atomic E-state index is 0.00275. The number of amides is 2. The first-order chi connectivity index (χ1) is 9.58. The zero-order chi connectivity index (χ0) is 16.2. The van der Waals surface area contributed by atoms with Gasteiger partial charge in [-0.05, 0) is 26.2 Å². The molecule has 0 fully saturated rings. The van der Waals surface area contributed by atoms with E-state index in [0.29, 0.717) is 11.6 Å². The van der Waals surface area contributed by atoms with Gasteiger partial charge < -0.3 is 10.2 Å². The largest absolute Gasteiger partial charge is 0.331 e. The standard InChI is InChI=1S/C15H25N3O2S/c1-10(2)18(13(20)7-15(4,5)6)9-12(19)17-14-16-8-11(3)21-14/h8,10H,7,9H2,1-6H3,(H,16,17,19). The monoisotopic (exact) mass is 311 g/mol. The van der Waals surface area contributed by atoms with Crippen molar-refractivity contribution in [2.75, 3.05) is 11.9 Å². The van der Waals surface area contributed by atoms with E-state index in [4.69, 9.17) is 0 Å². The van der Waals surface area contributed by atoms with Crippen LogP contribution in [0.4, 0.5) is 5.13 Å². The lowest BCUT2D eigenvalue weighted by atomic mass is 9.91. The van der Waals surface area contributed by atoms with E-state index in [1.165, 1.54) is 11.3 Å². The van der Waals surface area contributed by atoms with Crippen molar-refractivity contribution in [1.82, 2.24) is 9.88 Å². The van der Waals surface area contributed by atoms with Gasteiger partial charge in [-0.3, -0.25) is 9.59 Å². The molecule has 21 heavy (non-hydrogen) atoms. The number of rotatable bonds is 5. The van der Waals surface area contributed by atoms with Crippen molar-refractivity contribution in [1.29, 1.82) is 0 Å². The van der Waals surface area contributed by atoms with Crippen molar-refractivity contribution in [3.63, 3.8) is 0 Å². The minimum Gasteiger partial charge on any atom is -0.331 e. The first-order valence-electron chi connectivity index (χ1n) is 7.10. The summed E-state index contributed by atoms with van der Waals surface area (Å²) in [4.78, 5) is 31.1. The number of thiazole rings is 1. The highest BCUT2D eigenvalue weighted by atomic mass is 32.1. The van der Waals surface area contributed by atoms with E-state index in [1.807, 2.05) is 41.5 Å². The van der Waals surface area contributed by atoms with Crippen molar-refractivity contribution >= 4 is 28.3 Å². The van der Waals surface area contributed by atoms with Crippen molar-refractivity contribution in [2.24, 2.45) is 5.41 Å². The number of anilines is 1. The van der Waals surface area contributed by atoms with E-state index in [9.17, 15) is 9.59 Å². The fourth-order valence-corrected chi connectivity index (χ4v) is 2.52. The highest BCUT2D eigenvalue weighted by Crippen LogP contribution is 2.21. The first-order valence-corrected chi connectivity index (χ1v) is 7.92. The van der Waals surface area contributed by atoms with E-state index in [0.717, 1.165) is 4.88 Å². The third-order valence-corrected chi connectivity index (χ3v) is 3.64. The summed E-state index contributed by atoms with van der Waals surface area (Å²) >= 11 is 1.42. The number of hydrogen-bond donors (Lipinski definition) is 1. The van der Waals surface area contributed by atoms with Crippen LogP contribution in [0.5, 0.6) is 0 Å². The molecule has 118 valence electrons. The van der Waals surface area contributed by atoms with Crippen LogP contribution >= 0.6 is 11.3 Å². The van der Waals surface area contributed by atoms with Gasteiger partial charge in [-0.15, -0.1) is 11.3 Å². The minimum atomic E-state index is -0.208. The molecule has 6 heteroatoms. The normalized spacial score (nSPS) is 11.6. The average Bonchev–Trinajstić information content (AvgIpc) is 2.68. The molecule has 1 rings (SSSR count). The fourth-order valence-electron chi connectivity index (χ4n) is 1.84. The summed E-state index contributed by atoms with van der Waals surface area (Å²) in [5.41, 5.74) is -0.0902. The van der Waals surface area contributed by atoms with Crippen molar-refractivity contribution in [3.8, 4) is 0 Å². The second kappa shape index (κ2) is 7.02. The second-order valence-electron chi connectivity index (χ2n) is 6.68. The van der Waals surface area contributed by atoms with Crippen LogP contribution < -0.4 is 5.32 Å². The van der Waals surface area contributed by atoms with Gasteiger partial charge in [0, 0.05) is 23.5 Å². The summed E-state index contributed by atoms with van der Waals surface area (Å²) in [6, 6.07) is -0.0105. The van der Waals surface area contributed by atoms with Crippen LogP contribution in [0.1, 0.15) is 45.9 Å². The molecule has 1 heterocycles. The van der Waals surface area contributed by atoms with Crippen LogP contribution in [0.25, 0.3) is 0 Å². The van der Waals surface area contributed by atoms with Gasteiger partial charge in [-0.2, -0.15) is 0 Å². The van der Waals surface area contributed by atoms with Crippen LogP contribution in [0.15, 0.2) is 6.20 Å². The van der Waals surface area contributed by atoms with E-state index in [-0.39, 0.29) is 29.8 Å².